The molecule has 0 aliphatic carbocycles. The lowest BCUT2D eigenvalue weighted by Crippen LogP contribution is -2.42. The molecule has 0 spiro atoms. The van der Waals surface area contributed by atoms with Gasteiger partial charge in [0.25, 0.3) is 5.91 Å². The number of carbonyl (C=O) groups excluding carboxylic acids is 2. The first-order chi connectivity index (χ1) is 13.6. The van der Waals surface area contributed by atoms with Crippen molar-refractivity contribution in [3.63, 3.8) is 0 Å². The van der Waals surface area contributed by atoms with Crippen LogP contribution in [0.3, 0.4) is 0 Å². The van der Waals surface area contributed by atoms with Gasteiger partial charge in [0.05, 0.1) is 5.92 Å². The number of fused-ring (bicyclic) bond motifs is 1. The number of carbonyl (C=O) groups is 2. The molecular formula is C22H20ClNO4. The molecule has 144 valence electrons. The molecule has 28 heavy (non-hydrogen) atoms. The molecule has 1 aliphatic rings. The Balaban J connectivity index is 1.36. The molecule has 1 amide bonds. The van der Waals surface area contributed by atoms with Crippen LogP contribution in [-0.2, 0) is 16.1 Å². The van der Waals surface area contributed by atoms with E-state index in [2.05, 4.69) is 0 Å². The summed E-state index contributed by atoms with van der Waals surface area (Å²) in [5.41, 5.74) is 1.34. The highest BCUT2D eigenvalue weighted by atomic mass is 35.5. The fourth-order valence-electron chi connectivity index (χ4n) is 3.50. The Morgan fingerprint density at radius 2 is 1.93 bits per heavy atom. The van der Waals surface area contributed by atoms with E-state index in [1.807, 2.05) is 30.3 Å². The number of halogens is 1. The zero-order valence-corrected chi connectivity index (χ0v) is 16.0. The Bertz CT molecular complexity index is 962. The molecule has 1 fully saturated rings. The topological polar surface area (TPSA) is 59.8 Å². The molecule has 0 saturated carbocycles. The van der Waals surface area contributed by atoms with Crippen LogP contribution in [0, 0.1) is 5.92 Å². The van der Waals surface area contributed by atoms with Crippen LogP contribution in [0.5, 0.6) is 0 Å². The van der Waals surface area contributed by atoms with Crippen LogP contribution in [0.1, 0.15) is 29.0 Å². The SMILES string of the molecule is O=C(OCc1cc2ccccc2o1)C1CCCN(C(=O)c2ccc(Cl)cc2)C1. The first kappa shape index (κ1) is 18.6. The Morgan fingerprint density at radius 1 is 1.14 bits per heavy atom. The number of hydrogen-bond acceptors (Lipinski definition) is 4. The van der Waals surface area contributed by atoms with Crippen molar-refractivity contribution in [1.29, 1.82) is 0 Å². The summed E-state index contributed by atoms with van der Waals surface area (Å²) in [5.74, 6) is -0.102. The summed E-state index contributed by atoms with van der Waals surface area (Å²) < 4.78 is 11.1. The van der Waals surface area contributed by atoms with E-state index in [4.69, 9.17) is 20.8 Å². The van der Waals surface area contributed by atoms with E-state index in [1.165, 1.54) is 0 Å². The number of amides is 1. The van der Waals surface area contributed by atoms with Crippen molar-refractivity contribution in [2.45, 2.75) is 19.4 Å². The standard InChI is InChI=1S/C22H20ClNO4/c23-18-9-7-15(8-10-18)21(25)24-11-3-5-17(13-24)22(26)27-14-19-12-16-4-1-2-6-20(16)28-19/h1-2,4,6-10,12,17H,3,5,11,13-14H2. The van der Waals surface area contributed by atoms with Crippen LogP contribution in [0.15, 0.2) is 59.0 Å². The first-order valence-corrected chi connectivity index (χ1v) is 9.67. The number of hydrogen-bond donors (Lipinski definition) is 0. The number of furan rings is 1. The number of ether oxygens (including phenoxy) is 1. The highest BCUT2D eigenvalue weighted by molar-refractivity contribution is 6.30. The van der Waals surface area contributed by atoms with Gasteiger partial charge < -0.3 is 14.1 Å². The summed E-state index contributed by atoms with van der Waals surface area (Å²) >= 11 is 5.88. The van der Waals surface area contributed by atoms with Crippen molar-refractivity contribution >= 4 is 34.4 Å². The van der Waals surface area contributed by atoms with Gasteiger partial charge in [0.2, 0.25) is 0 Å². The van der Waals surface area contributed by atoms with Crippen molar-refractivity contribution in [2.24, 2.45) is 5.92 Å². The molecule has 1 unspecified atom stereocenters. The summed E-state index contributed by atoms with van der Waals surface area (Å²) in [6, 6.07) is 16.3. The Labute approximate surface area is 167 Å². The average molecular weight is 398 g/mol. The third-order valence-corrected chi connectivity index (χ3v) is 5.22. The lowest BCUT2D eigenvalue weighted by atomic mass is 9.97. The van der Waals surface area contributed by atoms with E-state index >= 15 is 0 Å². The van der Waals surface area contributed by atoms with Crippen LogP contribution in [-0.4, -0.2) is 29.9 Å². The van der Waals surface area contributed by atoms with Crippen LogP contribution < -0.4 is 0 Å². The van der Waals surface area contributed by atoms with Crippen LogP contribution in [0.2, 0.25) is 5.02 Å². The van der Waals surface area contributed by atoms with E-state index in [1.54, 1.807) is 29.2 Å². The predicted molar refractivity (Wildman–Crippen MR) is 106 cm³/mol. The van der Waals surface area contributed by atoms with Crippen LogP contribution in [0.4, 0.5) is 0 Å². The summed E-state index contributed by atoms with van der Waals surface area (Å²) in [5, 5.41) is 1.56. The van der Waals surface area contributed by atoms with E-state index < -0.39 is 0 Å². The van der Waals surface area contributed by atoms with Gasteiger partial charge in [-0.2, -0.15) is 0 Å². The summed E-state index contributed by atoms with van der Waals surface area (Å²) in [6.45, 7) is 1.09. The fourth-order valence-corrected chi connectivity index (χ4v) is 3.62. The summed E-state index contributed by atoms with van der Waals surface area (Å²) in [7, 11) is 0. The maximum atomic E-state index is 12.7. The highest BCUT2D eigenvalue weighted by Crippen LogP contribution is 2.23. The minimum atomic E-state index is -0.325. The van der Waals surface area contributed by atoms with Gasteiger partial charge in [-0.05, 0) is 49.2 Å². The molecule has 0 bridgehead atoms. The fraction of sp³-hybridized carbons (Fsp3) is 0.273. The number of nitrogens with zero attached hydrogens (tertiary/aromatic N) is 1. The third kappa shape index (κ3) is 4.04. The van der Waals surface area contributed by atoms with Gasteiger partial charge in [0.1, 0.15) is 18.0 Å². The number of piperidine rings is 1. The maximum absolute atomic E-state index is 12.7. The summed E-state index contributed by atoms with van der Waals surface area (Å²) in [4.78, 5) is 26.9. The Hall–Kier alpha value is -2.79. The van der Waals surface area contributed by atoms with Crippen molar-refractivity contribution in [3.05, 3.63) is 70.9 Å². The van der Waals surface area contributed by atoms with Crippen molar-refractivity contribution in [1.82, 2.24) is 4.90 Å². The average Bonchev–Trinajstić information content (AvgIpc) is 3.15. The van der Waals surface area contributed by atoms with E-state index in [0.29, 0.717) is 35.9 Å². The lowest BCUT2D eigenvalue weighted by Gasteiger charge is -2.31. The smallest absolute Gasteiger partial charge is 0.311 e. The minimum Gasteiger partial charge on any atom is -0.457 e. The quantitative estimate of drug-likeness (QED) is 0.599. The number of likely N-dealkylation sites (tertiary alicyclic amines) is 1. The number of esters is 1. The molecule has 3 aromatic rings. The Kier molecular flexibility index (Phi) is 5.35. The van der Waals surface area contributed by atoms with Gasteiger partial charge in [-0.3, -0.25) is 9.59 Å². The normalized spacial score (nSPS) is 16.9. The molecule has 0 radical (unpaired) electrons. The number of benzene rings is 2. The van der Waals surface area contributed by atoms with Crippen molar-refractivity contribution < 1.29 is 18.7 Å². The second-order valence-electron chi connectivity index (χ2n) is 6.96. The van der Waals surface area contributed by atoms with Gasteiger partial charge in [0.15, 0.2) is 0 Å². The van der Waals surface area contributed by atoms with E-state index in [9.17, 15) is 9.59 Å². The van der Waals surface area contributed by atoms with E-state index in [-0.39, 0.29) is 24.4 Å². The molecule has 0 N–H and O–H groups in total. The first-order valence-electron chi connectivity index (χ1n) is 9.29. The number of rotatable bonds is 4. The predicted octanol–water partition coefficient (Wildman–Crippen LogP) is 4.68. The molecule has 4 rings (SSSR count). The molecule has 5 nitrogen and oxygen atoms in total. The molecule has 6 heteroatoms. The number of para-hydroxylation sites is 1. The minimum absolute atomic E-state index is 0.0912. The van der Waals surface area contributed by atoms with Gasteiger partial charge in [0, 0.05) is 29.1 Å². The maximum Gasteiger partial charge on any atom is 0.311 e. The van der Waals surface area contributed by atoms with Gasteiger partial charge in [-0.15, -0.1) is 0 Å². The van der Waals surface area contributed by atoms with Crippen molar-refractivity contribution in [2.75, 3.05) is 13.1 Å². The van der Waals surface area contributed by atoms with Gasteiger partial charge in [-0.25, -0.2) is 0 Å². The second kappa shape index (κ2) is 8.07. The highest BCUT2D eigenvalue weighted by Gasteiger charge is 2.30. The third-order valence-electron chi connectivity index (χ3n) is 4.97. The monoisotopic (exact) mass is 397 g/mol. The zero-order valence-electron chi connectivity index (χ0n) is 15.3. The van der Waals surface area contributed by atoms with E-state index in [0.717, 1.165) is 17.4 Å². The van der Waals surface area contributed by atoms with Crippen LogP contribution >= 0.6 is 11.6 Å². The van der Waals surface area contributed by atoms with Gasteiger partial charge in [-0.1, -0.05) is 29.8 Å². The zero-order chi connectivity index (χ0) is 19.5. The Morgan fingerprint density at radius 3 is 2.71 bits per heavy atom. The molecule has 1 aliphatic heterocycles. The molecule has 2 aromatic carbocycles. The van der Waals surface area contributed by atoms with Crippen molar-refractivity contribution in [3.8, 4) is 0 Å². The largest absolute Gasteiger partial charge is 0.457 e. The molecule has 1 atom stereocenters. The van der Waals surface area contributed by atoms with Crippen LogP contribution in [0.25, 0.3) is 11.0 Å². The molecule has 2 heterocycles. The van der Waals surface area contributed by atoms with Gasteiger partial charge >= 0.3 is 5.97 Å². The second-order valence-corrected chi connectivity index (χ2v) is 7.39. The molecule has 1 saturated heterocycles. The summed E-state index contributed by atoms with van der Waals surface area (Å²) in [6.07, 6.45) is 1.48. The molecular weight excluding hydrogens is 378 g/mol. The lowest BCUT2D eigenvalue weighted by molar-refractivity contribution is -0.151. The molecule has 1 aromatic heterocycles.